The summed E-state index contributed by atoms with van der Waals surface area (Å²) in [6, 6.07) is 8.79. The average molecular weight is 207 g/mol. The van der Waals surface area contributed by atoms with Crippen molar-refractivity contribution < 1.29 is 4.84 Å². The van der Waals surface area contributed by atoms with Crippen LogP contribution in [0.15, 0.2) is 24.3 Å². The molecule has 0 atom stereocenters. The highest BCUT2D eigenvalue weighted by molar-refractivity contribution is 5.25. The Balaban J connectivity index is 2.62. The predicted molar refractivity (Wildman–Crippen MR) is 63.6 cm³/mol. The van der Waals surface area contributed by atoms with E-state index >= 15 is 0 Å². The Morgan fingerprint density at radius 3 is 2.20 bits per heavy atom. The fourth-order valence-electron chi connectivity index (χ4n) is 1.82. The van der Waals surface area contributed by atoms with Gasteiger partial charge in [0.1, 0.15) is 0 Å². The van der Waals surface area contributed by atoms with Crippen LogP contribution in [0.5, 0.6) is 0 Å². The highest BCUT2D eigenvalue weighted by atomic mass is 16.6. The molecule has 0 saturated heterocycles. The maximum Gasteiger partial charge on any atom is 0.0572 e. The molecule has 0 amide bonds. The van der Waals surface area contributed by atoms with Gasteiger partial charge >= 0.3 is 0 Å². The number of benzene rings is 1. The summed E-state index contributed by atoms with van der Waals surface area (Å²) in [5.41, 5.74) is 5.54. The number of nitrogens with one attached hydrogen (secondary N) is 1. The van der Waals surface area contributed by atoms with Crippen molar-refractivity contribution in [3.8, 4) is 0 Å². The second-order valence-corrected chi connectivity index (χ2v) is 3.78. The lowest BCUT2D eigenvalue weighted by atomic mass is 9.93. The van der Waals surface area contributed by atoms with Crippen molar-refractivity contribution in [2.75, 3.05) is 7.11 Å². The fourth-order valence-corrected chi connectivity index (χ4v) is 1.82. The molecule has 1 aromatic rings. The van der Waals surface area contributed by atoms with Gasteiger partial charge in [-0.25, -0.2) is 0 Å². The highest BCUT2D eigenvalue weighted by Crippen LogP contribution is 2.22. The molecule has 0 radical (unpaired) electrons. The first kappa shape index (κ1) is 12.2. The molecule has 0 spiro atoms. The molecule has 1 aromatic carbocycles. The summed E-state index contributed by atoms with van der Waals surface area (Å²) in [7, 11) is 1.64. The summed E-state index contributed by atoms with van der Waals surface area (Å²) in [4.78, 5) is 4.82. The van der Waals surface area contributed by atoms with Gasteiger partial charge in [0.25, 0.3) is 0 Å². The fraction of sp³-hybridized carbons (Fsp3) is 0.538. The molecule has 1 rings (SSSR count). The van der Waals surface area contributed by atoms with Gasteiger partial charge in [-0.2, -0.15) is 5.48 Å². The first-order valence-electron chi connectivity index (χ1n) is 5.66. The third kappa shape index (κ3) is 3.65. The van der Waals surface area contributed by atoms with Crippen molar-refractivity contribution >= 4 is 0 Å². The van der Waals surface area contributed by atoms with E-state index in [9.17, 15) is 0 Å². The molecule has 0 bridgehead atoms. The summed E-state index contributed by atoms with van der Waals surface area (Å²) in [5.74, 6) is 0.703. The highest BCUT2D eigenvalue weighted by Gasteiger charge is 2.05. The molecule has 15 heavy (non-hydrogen) atoms. The van der Waals surface area contributed by atoms with Crippen molar-refractivity contribution in [2.24, 2.45) is 0 Å². The SMILES string of the molecule is CCC(CC)c1ccc(CNOC)cc1. The van der Waals surface area contributed by atoms with Gasteiger partial charge in [0, 0.05) is 6.54 Å². The summed E-state index contributed by atoms with van der Waals surface area (Å²) in [6.45, 7) is 5.25. The van der Waals surface area contributed by atoms with E-state index < -0.39 is 0 Å². The Labute approximate surface area is 92.6 Å². The van der Waals surface area contributed by atoms with Gasteiger partial charge in [-0.05, 0) is 29.9 Å². The van der Waals surface area contributed by atoms with Gasteiger partial charge in [0.15, 0.2) is 0 Å². The van der Waals surface area contributed by atoms with Crippen LogP contribution in [0.4, 0.5) is 0 Å². The lowest BCUT2D eigenvalue weighted by Gasteiger charge is -2.13. The van der Waals surface area contributed by atoms with Gasteiger partial charge in [0.2, 0.25) is 0 Å². The molecule has 1 N–H and O–H groups in total. The van der Waals surface area contributed by atoms with Crippen LogP contribution in [0.2, 0.25) is 0 Å². The van der Waals surface area contributed by atoms with Crippen LogP contribution in [0, 0.1) is 0 Å². The van der Waals surface area contributed by atoms with Gasteiger partial charge in [-0.3, -0.25) is 0 Å². The standard InChI is InChI=1S/C13H21NO/c1-4-12(5-2)13-8-6-11(7-9-13)10-14-15-3/h6-9,12,14H,4-5,10H2,1-3H3. The summed E-state index contributed by atoms with van der Waals surface area (Å²) < 4.78 is 0. The molecule has 0 aliphatic carbocycles. The Kier molecular flexibility index (Phi) is 5.37. The van der Waals surface area contributed by atoms with Crippen LogP contribution in [-0.4, -0.2) is 7.11 Å². The third-order valence-corrected chi connectivity index (χ3v) is 2.86. The van der Waals surface area contributed by atoms with Crippen LogP contribution < -0.4 is 5.48 Å². The predicted octanol–water partition coefficient (Wildman–Crippen LogP) is 3.24. The smallest absolute Gasteiger partial charge is 0.0572 e. The number of hydrogen-bond donors (Lipinski definition) is 1. The Hall–Kier alpha value is -0.860. The molecule has 2 nitrogen and oxygen atoms in total. The number of hydroxylamine groups is 1. The van der Waals surface area contributed by atoms with Crippen LogP contribution in [0.3, 0.4) is 0 Å². The van der Waals surface area contributed by atoms with Crippen LogP contribution in [-0.2, 0) is 11.4 Å². The molecule has 84 valence electrons. The molecule has 0 aliphatic heterocycles. The van der Waals surface area contributed by atoms with Crippen molar-refractivity contribution in [1.82, 2.24) is 5.48 Å². The van der Waals surface area contributed by atoms with E-state index in [2.05, 4.69) is 43.6 Å². The topological polar surface area (TPSA) is 21.3 Å². The molecule has 2 heteroatoms. The molecular formula is C13H21NO. The minimum atomic E-state index is 0.703. The summed E-state index contributed by atoms with van der Waals surface area (Å²) in [5, 5.41) is 0. The monoisotopic (exact) mass is 207 g/mol. The van der Waals surface area contributed by atoms with E-state index in [1.54, 1.807) is 7.11 Å². The van der Waals surface area contributed by atoms with E-state index in [1.807, 2.05) is 0 Å². The minimum Gasteiger partial charge on any atom is -0.305 e. The number of rotatable bonds is 6. The molecule has 0 aliphatic rings. The molecule has 0 fully saturated rings. The average Bonchev–Trinajstić information content (AvgIpc) is 2.29. The third-order valence-electron chi connectivity index (χ3n) is 2.86. The second-order valence-electron chi connectivity index (χ2n) is 3.78. The maximum atomic E-state index is 4.82. The van der Waals surface area contributed by atoms with Crippen LogP contribution in [0.1, 0.15) is 43.7 Å². The first-order chi connectivity index (χ1) is 7.31. The quantitative estimate of drug-likeness (QED) is 0.723. The summed E-state index contributed by atoms with van der Waals surface area (Å²) >= 11 is 0. The zero-order chi connectivity index (χ0) is 11.1. The minimum absolute atomic E-state index is 0.703. The Bertz CT molecular complexity index is 264. The van der Waals surface area contributed by atoms with Crippen molar-refractivity contribution in [1.29, 1.82) is 0 Å². The second kappa shape index (κ2) is 6.59. The first-order valence-corrected chi connectivity index (χ1v) is 5.66. The Morgan fingerprint density at radius 2 is 1.73 bits per heavy atom. The molecule has 0 aromatic heterocycles. The Morgan fingerprint density at radius 1 is 1.13 bits per heavy atom. The molecular weight excluding hydrogens is 186 g/mol. The van der Waals surface area contributed by atoms with E-state index in [1.165, 1.54) is 24.0 Å². The van der Waals surface area contributed by atoms with Crippen molar-refractivity contribution in [3.05, 3.63) is 35.4 Å². The summed E-state index contributed by atoms with van der Waals surface area (Å²) in [6.07, 6.45) is 2.43. The van der Waals surface area contributed by atoms with E-state index in [0.717, 1.165) is 6.54 Å². The molecule has 0 unspecified atom stereocenters. The van der Waals surface area contributed by atoms with Gasteiger partial charge < -0.3 is 4.84 Å². The van der Waals surface area contributed by atoms with E-state index in [-0.39, 0.29) is 0 Å². The lowest BCUT2D eigenvalue weighted by molar-refractivity contribution is 0.0867. The zero-order valence-corrected chi connectivity index (χ0v) is 9.92. The lowest BCUT2D eigenvalue weighted by Crippen LogP contribution is -2.10. The van der Waals surface area contributed by atoms with Crippen LogP contribution in [0.25, 0.3) is 0 Å². The molecule has 0 heterocycles. The van der Waals surface area contributed by atoms with Crippen LogP contribution >= 0.6 is 0 Å². The van der Waals surface area contributed by atoms with Gasteiger partial charge in [0.05, 0.1) is 7.11 Å². The van der Waals surface area contributed by atoms with Gasteiger partial charge in [-0.1, -0.05) is 38.1 Å². The van der Waals surface area contributed by atoms with E-state index in [0.29, 0.717) is 5.92 Å². The maximum absolute atomic E-state index is 4.82. The van der Waals surface area contributed by atoms with E-state index in [4.69, 9.17) is 4.84 Å². The zero-order valence-electron chi connectivity index (χ0n) is 9.92. The van der Waals surface area contributed by atoms with Gasteiger partial charge in [-0.15, -0.1) is 0 Å². The number of hydrogen-bond acceptors (Lipinski definition) is 2. The largest absolute Gasteiger partial charge is 0.305 e. The van der Waals surface area contributed by atoms with Crippen molar-refractivity contribution in [2.45, 2.75) is 39.2 Å². The normalized spacial score (nSPS) is 10.9. The van der Waals surface area contributed by atoms with Crippen molar-refractivity contribution in [3.63, 3.8) is 0 Å². The molecule has 0 saturated carbocycles.